The molecule has 1 unspecified atom stereocenters. The van der Waals surface area contributed by atoms with E-state index in [0.717, 1.165) is 17.7 Å². The molecule has 5 heteroatoms. The summed E-state index contributed by atoms with van der Waals surface area (Å²) in [4.78, 5) is 26.3. The molecule has 2 amide bonds. The van der Waals surface area contributed by atoms with E-state index in [2.05, 4.69) is 47.6 Å². The molecule has 0 saturated heterocycles. The number of nitrogens with one attached hydrogen (secondary N) is 2. The van der Waals surface area contributed by atoms with Gasteiger partial charge in [-0.05, 0) is 61.7 Å². The molecule has 2 aromatic carbocycles. The normalized spacial score (nSPS) is 15.0. The number of carbonyl (C=O) groups excluding carboxylic acids is 2. The molecule has 0 radical (unpaired) electrons. The number of anilines is 1. The fourth-order valence-electron chi connectivity index (χ4n) is 3.90. The van der Waals surface area contributed by atoms with Crippen molar-refractivity contribution < 1.29 is 9.59 Å². The van der Waals surface area contributed by atoms with E-state index in [-0.39, 0.29) is 23.8 Å². The van der Waals surface area contributed by atoms with E-state index in [9.17, 15) is 9.59 Å². The molecule has 2 N–H and O–H groups in total. The van der Waals surface area contributed by atoms with Crippen molar-refractivity contribution in [1.82, 2.24) is 10.2 Å². The van der Waals surface area contributed by atoms with Crippen LogP contribution in [-0.2, 0) is 22.4 Å². The van der Waals surface area contributed by atoms with Crippen molar-refractivity contribution in [3.63, 3.8) is 0 Å². The number of carbonyl (C=O) groups is 2. The van der Waals surface area contributed by atoms with Gasteiger partial charge in [-0.25, -0.2) is 0 Å². The van der Waals surface area contributed by atoms with Crippen LogP contribution in [0.5, 0.6) is 0 Å². The van der Waals surface area contributed by atoms with E-state index < -0.39 is 0 Å². The zero-order valence-electron chi connectivity index (χ0n) is 17.8. The monoisotopic (exact) mass is 393 g/mol. The van der Waals surface area contributed by atoms with Gasteiger partial charge >= 0.3 is 0 Å². The second-order valence-electron chi connectivity index (χ2n) is 8.24. The molecule has 0 aliphatic carbocycles. The minimum Gasteiger partial charge on any atom is -0.355 e. The van der Waals surface area contributed by atoms with E-state index in [0.29, 0.717) is 19.4 Å². The van der Waals surface area contributed by atoms with E-state index >= 15 is 0 Å². The lowest BCUT2D eigenvalue weighted by molar-refractivity contribution is -0.121. The molecular weight excluding hydrogens is 362 g/mol. The second kappa shape index (κ2) is 9.23. The number of nitrogens with zero attached hydrogens (tertiary/aromatic N) is 1. The number of likely N-dealkylation sites (N-methyl/N-ethyl adjacent to an activating group) is 1. The summed E-state index contributed by atoms with van der Waals surface area (Å²) in [5.41, 5.74) is 5.62. The summed E-state index contributed by atoms with van der Waals surface area (Å²) in [7, 11) is 4.08. The Morgan fingerprint density at radius 1 is 1.17 bits per heavy atom. The minimum atomic E-state index is 0.0595. The van der Waals surface area contributed by atoms with Crippen LogP contribution in [0, 0.1) is 6.92 Å². The van der Waals surface area contributed by atoms with Gasteiger partial charge < -0.3 is 15.5 Å². The maximum absolute atomic E-state index is 12.5. The van der Waals surface area contributed by atoms with E-state index in [4.69, 9.17) is 0 Å². The molecule has 2 atom stereocenters. The summed E-state index contributed by atoms with van der Waals surface area (Å²) in [6.07, 6.45) is 1.76. The van der Waals surface area contributed by atoms with Crippen LogP contribution in [0.15, 0.2) is 42.5 Å². The number of amides is 2. The van der Waals surface area contributed by atoms with Gasteiger partial charge in [0, 0.05) is 24.7 Å². The molecule has 3 rings (SSSR count). The van der Waals surface area contributed by atoms with Gasteiger partial charge in [-0.3, -0.25) is 9.59 Å². The third-order valence-electron chi connectivity index (χ3n) is 5.90. The van der Waals surface area contributed by atoms with Crippen LogP contribution in [0.1, 0.15) is 41.5 Å². The first kappa shape index (κ1) is 21.1. The quantitative estimate of drug-likeness (QED) is 0.724. The lowest BCUT2D eigenvalue weighted by Crippen LogP contribution is -2.42. The fraction of sp³-hybridized carbons (Fsp3) is 0.417. The Morgan fingerprint density at radius 3 is 2.59 bits per heavy atom. The second-order valence-corrected chi connectivity index (χ2v) is 8.24. The molecule has 29 heavy (non-hydrogen) atoms. The molecule has 2 aromatic rings. The lowest BCUT2D eigenvalue weighted by atomic mass is 9.94. The molecule has 1 heterocycles. The Bertz CT molecular complexity index is 877. The topological polar surface area (TPSA) is 61.4 Å². The van der Waals surface area contributed by atoms with Crippen molar-refractivity contribution >= 4 is 17.5 Å². The number of fused-ring (bicyclic) bond motifs is 1. The first-order valence-corrected chi connectivity index (χ1v) is 10.2. The summed E-state index contributed by atoms with van der Waals surface area (Å²) < 4.78 is 0. The summed E-state index contributed by atoms with van der Waals surface area (Å²) in [6, 6.07) is 14.4. The van der Waals surface area contributed by atoms with Crippen LogP contribution in [-0.4, -0.2) is 43.4 Å². The molecular formula is C24H31N3O2. The largest absolute Gasteiger partial charge is 0.355 e. The summed E-state index contributed by atoms with van der Waals surface area (Å²) >= 11 is 0. The Kier molecular flexibility index (Phi) is 6.70. The van der Waals surface area contributed by atoms with Crippen LogP contribution in [0.3, 0.4) is 0 Å². The Hall–Kier alpha value is -2.66. The average Bonchev–Trinajstić information content (AvgIpc) is 3.08. The van der Waals surface area contributed by atoms with Gasteiger partial charge in [0.15, 0.2) is 0 Å². The van der Waals surface area contributed by atoms with Gasteiger partial charge in [0.1, 0.15) is 0 Å². The lowest BCUT2D eigenvalue weighted by Gasteiger charge is -2.26. The SMILES string of the molecule is Cc1c(C[C@@H](CNC(=O)CC(C)c2ccccc2)N(C)C)ccc2c1CC(=O)N2. The predicted molar refractivity (Wildman–Crippen MR) is 117 cm³/mol. The standard InChI is InChI=1S/C24H31N3O2/c1-16(18-8-6-5-7-9-18)12-23(28)25-15-20(27(3)4)13-19-10-11-22-21(17(19)2)14-24(29)26-22/h5-11,16,20H,12-15H2,1-4H3,(H,25,28)(H,26,29)/t16?,20-/m0/s1. The molecule has 1 aliphatic rings. The highest BCUT2D eigenvalue weighted by Gasteiger charge is 2.23. The van der Waals surface area contributed by atoms with Crippen LogP contribution < -0.4 is 10.6 Å². The molecule has 0 saturated carbocycles. The van der Waals surface area contributed by atoms with Crippen molar-refractivity contribution in [1.29, 1.82) is 0 Å². The van der Waals surface area contributed by atoms with Gasteiger partial charge in [0.2, 0.25) is 11.8 Å². The summed E-state index contributed by atoms with van der Waals surface area (Å²) in [5.74, 6) is 0.330. The third-order valence-corrected chi connectivity index (χ3v) is 5.90. The van der Waals surface area contributed by atoms with Crippen LogP contribution in [0.4, 0.5) is 5.69 Å². The molecule has 0 fully saturated rings. The zero-order chi connectivity index (χ0) is 21.0. The maximum atomic E-state index is 12.5. The Morgan fingerprint density at radius 2 is 1.90 bits per heavy atom. The number of hydrogen-bond acceptors (Lipinski definition) is 3. The van der Waals surface area contributed by atoms with Gasteiger partial charge in [-0.1, -0.05) is 43.3 Å². The Labute approximate surface area is 173 Å². The smallest absolute Gasteiger partial charge is 0.228 e. The van der Waals surface area contributed by atoms with Crippen LogP contribution in [0.2, 0.25) is 0 Å². The Balaban J connectivity index is 1.59. The third kappa shape index (κ3) is 5.24. The number of hydrogen-bond donors (Lipinski definition) is 2. The highest BCUT2D eigenvalue weighted by Crippen LogP contribution is 2.29. The zero-order valence-corrected chi connectivity index (χ0v) is 17.8. The van der Waals surface area contributed by atoms with E-state index in [1.165, 1.54) is 16.7 Å². The van der Waals surface area contributed by atoms with Crippen LogP contribution in [0.25, 0.3) is 0 Å². The molecule has 0 spiro atoms. The maximum Gasteiger partial charge on any atom is 0.228 e. The summed E-state index contributed by atoms with van der Waals surface area (Å²) in [5, 5.41) is 6.02. The van der Waals surface area contributed by atoms with Crippen molar-refractivity contribution in [3.8, 4) is 0 Å². The van der Waals surface area contributed by atoms with Gasteiger partial charge in [0.05, 0.1) is 6.42 Å². The van der Waals surface area contributed by atoms with Gasteiger partial charge in [-0.2, -0.15) is 0 Å². The van der Waals surface area contributed by atoms with E-state index in [1.807, 2.05) is 38.4 Å². The van der Waals surface area contributed by atoms with Gasteiger partial charge in [-0.15, -0.1) is 0 Å². The van der Waals surface area contributed by atoms with Crippen molar-refractivity contribution in [2.24, 2.45) is 0 Å². The fourth-order valence-corrected chi connectivity index (χ4v) is 3.90. The highest BCUT2D eigenvalue weighted by molar-refractivity contribution is 5.99. The minimum absolute atomic E-state index is 0.0595. The van der Waals surface area contributed by atoms with Crippen molar-refractivity contribution in [2.75, 3.05) is 26.0 Å². The molecule has 154 valence electrons. The molecule has 0 aromatic heterocycles. The molecule has 5 nitrogen and oxygen atoms in total. The highest BCUT2D eigenvalue weighted by atomic mass is 16.2. The average molecular weight is 394 g/mol. The predicted octanol–water partition coefficient (Wildman–Crippen LogP) is 3.27. The number of benzene rings is 2. The first-order valence-electron chi connectivity index (χ1n) is 10.2. The number of rotatable bonds is 8. The van der Waals surface area contributed by atoms with Crippen molar-refractivity contribution in [3.05, 3.63) is 64.7 Å². The molecule has 1 aliphatic heterocycles. The first-order chi connectivity index (χ1) is 13.8. The summed E-state index contributed by atoms with van der Waals surface area (Å²) in [6.45, 7) is 4.77. The van der Waals surface area contributed by atoms with Gasteiger partial charge in [0.25, 0.3) is 0 Å². The van der Waals surface area contributed by atoms with E-state index in [1.54, 1.807) is 0 Å². The van der Waals surface area contributed by atoms with Crippen molar-refractivity contribution in [2.45, 2.75) is 45.1 Å². The van der Waals surface area contributed by atoms with Crippen LogP contribution >= 0.6 is 0 Å². The molecule has 0 bridgehead atoms.